The Hall–Kier alpha value is -0.530. The van der Waals surface area contributed by atoms with Crippen LogP contribution in [0.3, 0.4) is 0 Å². The van der Waals surface area contributed by atoms with Crippen molar-refractivity contribution in [1.29, 1.82) is 0 Å². The molecule has 1 radical (unpaired) electrons. The third kappa shape index (κ3) is 21.5. The van der Waals surface area contributed by atoms with E-state index in [2.05, 4.69) is 6.92 Å². The molecular formula is C21H41O2. The molecule has 2 heteroatoms. The molecule has 0 N–H and O–H groups in total. The zero-order chi connectivity index (χ0) is 17.0. The maximum absolute atomic E-state index is 10.3. The Kier molecular flexibility index (Phi) is 19.1. The van der Waals surface area contributed by atoms with Crippen molar-refractivity contribution < 1.29 is 9.90 Å². The average Bonchev–Trinajstić information content (AvgIpc) is 2.53. The molecule has 0 spiro atoms. The molecule has 0 fully saturated rings. The van der Waals surface area contributed by atoms with Crippen molar-refractivity contribution in [3.63, 3.8) is 0 Å². The Labute approximate surface area is 145 Å². The first-order chi connectivity index (χ1) is 11.3. The topological polar surface area (TPSA) is 37.0 Å². The van der Waals surface area contributed by atoms with Crippen LogP contribution < -0.4 is 0 Å². The first kappa shape index (κ1) is 22.5. The van der Waals surface area contributed by atoms with E-state index < -0.39 is 5.97 Å². The van der Waals surface area contributed by atoms with Gasteiger partial charge >= 0.3 is 5.97 Å². The average molecular weight is 326 g/mol. The van der Waals surface area contributed by atoms with Gasteiger partial charge < -0.3 is 0 Å². The molecule has 0 atom stereocenters. The zero-order valence-corrected chi connectivity index (χ0v) is 15.8. The molecule has 0 heterocycles. The lowest BCUT2D eigenvalue weighted by molar-refractivity contribution is -0.143. The van der Waals surface area contributed by atoms with Gasteiger partial charge in [-0.25, -0.2) is 9.90 Å². The standard InChI is InChI=1S/C21H41O2/c1-2-3-4-5-6-7-8-9-10-11-12-13-14-15-16-17-18-19-20-21(22)23/h2-20H2,1H3. The molecule has 0 unspecified atom stereocenters. The molecule has 0 rings (SSSR count). The van der Waals surface area contributed by atoms with E-state index in [0.29, 0.717) is 0 Å². The summed E-state index contributed by atoms with van der Waals surface area (Å²) in [5.41, 5.74) is 0. The summed E-state index contributed by atoms with van der Waals surface area (Å²) >= 11 is 0. The molecule has 0 bridgehead atoms. The highest BCUT2D eigenvalue weighted by Gasteiger charge is 1.98. The van der Waals surface area contributed by atoms with Gasteiger partial charge in [-0.3, -0.25) is 0 Å². The van der Waals surface area contributed by atoms with E-state index in [-0.39, 0.29) is 6.42 Å². The molecule has 23 heavy (non-hydrogen) atoms. The minimum Gasteiger partial charge on any atom is -0.247 e. The normalized spacial score (nSPS) is 11.0. The highest BCUT2D eigenvalue weighted by Crippen LogP contribution is 2.14. The maximum atomic E-state index is 10.3. The summed E-state index contributed by atoms with van der Waals surface area (Å²) in [6.45, 7) is 2.28. The van der Waals surface area contributed by atoms with Crippen LogP contribution >= 0.6 is 0 Å². The Morgan fingerprint density at radius 2 is 0.739 bits per heavy atom. The van der Waals surface area contributed by atoms with E-state index in [9.17, 15) is 9.90 Å². The quantitative estimate of drug-likeness (QED) is 0.228. The predicted octanol–water partition coefficient (Wildman–Crippen LogP) is 7.38. The summed E-state index contributed by atoms with van der Waals surface area (Å²) in [5, 5.41) is 10.3. The smallest absolute Gasteiger partial charge is 0.247 e. The van der Waals surface area contributed by atoms with E-state index in [1.165, 1.54) is 103 Å². The molecule has 0 saturated heterocycles. The van der Waals surface area contributed by atoms with Crippen molar-refractivity contribution in [2.75, 3.05) is 0 Å². The second kappa shape index (κ2) is 19.5. The summed E-state index contributed by atoms with van der Waals surface area (Å²) in [6, 6.07) is 0. The number of hydrogen-bond acceptors (Lipinski definition) is 1. The molecule has 0 aliphatic carbocycles. The van der Waals surface area contributed by atoms with Gasteiger partial charge in [-0.2, -0.15) is 0 Å². The molecule has 0 aromatic rings. The van der Waals surface area contributed by atoms with Gasteiger partial charge in [0.05, 0.1) is 6.42 Å². The third-order valence-electron chi connectivity index (χ3n) is 4.73. The van der Waals surface area contributed by atoms with Crippen molar-refractivity contribution in [3.05, 3.63) is 0 Å². The lowest BCUT2D eigenvalue weighted by Gasteiger charge is -2.03. The fourth-order valence-corrected chi connectivity index (χ4v) is 3.17. The van der Waals surface area contributed by atoms with Crippen molar-refractivity contribution in [1.82, 2.24) is 0 Å². The van der Waals surface area contributed by atoms with Crippen LogP contribution in [0.25, 0.3) is 0 Å². The molecule has 137 valence electrons. The Morgan fingerprint density at radius 3 is 1.00 bits per heavy atom. The fraction of sp³-hybridized carbons (Fsp3) is 0.952. The van der Waals surface area contributed by atoms with Gasteiger partial charge in [0, 0.05) is 0 Å². The molecule has 0 amide bonds. The first-order valence-electron chi connectivity index (χ1n) is 10.5. The SMILES string of the molecule is CCCCCCCCCCCCCCCCCCCCC([O])=O. The molecule has 0 saturated carbocycles. The summed E-state index contributed by atoms with van der Waals surface area (Å²) < 4.78 is 0. The van der Waals surface area contributed by atoms with Crippen molar-refractivity contribution in [3.8, 4) is 0 Å². The molecule has 0 aromatic carbocycles. The Bertz CT molecular complexity index is 238. The Balaban J connectivity index is 2.96. The van der Waals surface area contributed by atoms with E-state index in [1.807, 2.05) is 0 Å². The monoisotopic (exact) mass is 325 g/mol. The van der Waals surface area contributed by atoms with E-state index in [1.54, 1.807) is 0 Å². The lowest BCUT2D eigenvalue weighted by Crippen LogP contribution is -1.91. The van der Waals surface area contributed by atoms with Gasteiger partial charge in [-0.15, -0.1) is 0 Å². The summed E-state index contributed by atoms with van der Waals surface area (Å²) in [4.78, 5) is 10.3. The second-order valence-electron chi connectivity index (χ2n) is 7.13. The third-order valence-corrected chi connectivity index (χ3v) is 4.73. The maximum Gasteiger partial charge on any atom is 0.355 e. The number of carbonyl (C=O) groups excluding carboxylic acids is 1. The molecule has 0 aromatic heterocycles. The van der Waals surface area contributed by atoms with Gasteiger partial charge in [0.1, 0.15) is 0 Å². The number of rotatable bonds is 19. The fourth-order valence-electron chi connectivity index (χ4n) is 3.17. The van der Waals surface area contributed by atoms with Gasteiger partial charge in [0.25, 0.3) is 0 Å². The Morgan fingerprint density at radius 1 is 0.478 bits per heavy atom. The molecule has 0 aliphatic heterocycles. The van der Waals surface area contributed by atoms with Crippen LogP contribution in [0.1, 0.15) is 129 Å². The summed E-state index contributed by atoms with van der Waals surface area (Å²) in [6.07, 6.45) is 24.3. The minimum absolute atomic E-state index is 0.235. The summed E-state index contributed by atoms with van der Waals surface area (Å²) in [5.74, 6) is -0.901. The highest BCUT2D eigenvalue weighted by atomic mass is 16.4. The van der Waals surface area contributed by atoms with Crippen LogP contribution in [-0.2, 0) is 9.90 Å². The van der Waals surface area contributed by atoms with Gasteiger partial charge in [0.2, 0.25) is 0 Å². The molecule has 0 aliphatic rings. The van der Waals surface area contributed by atoms with Gasteiger partial charge in [-0.05, 0) is 6.42 Å². The second-order valence-corrected chi connectivity index (χ2v) is 7.13. The molecular weight excluding hydrogens is 284 g/mol. The van der Waals surface area contributed by atoms with E-state index in [0.717, 1.165) is 12.8 Å². The van der Waals surface area contributed by atoms with Crippen LogP contribution in [0, 0.1) is 0 Å². The van der Waals surface area contributed by atoms with Crippen LogP contribution in [0.5, 0.6) is 0 Å². The zero-order valence-electron chi connectivity index (χ0n) is 15.8. The number of unbranched alkanes of at least 4 members (excludes halogenated alkanes) is 17. The van der Waals surface area contributed by atoms with Crippen LogP contribution in [0.4, 0.5) is 0 Å². The van der Waals surface area contributed by atoms with Crippen molar-refractivity contribution in [2.24, 2.45) is 0 Å². The minimum atomic E-state index is -0.901. The van der Waals surface area contributed by atoms with E-state index >= 15 is 0 Å². The number of carbonyl (C=O) groups is 1. The van der Waals surface area contributed by atoms with Crippen molar-refractivity contribution >= 4 is 5.97 Å². The van der Waals surface area contributed by atoms with E-state index in [4.69, 9.17) is 0 Å². The van der Waals surface area contributed by atoms with Gasteiger partial charge in [-0.1, -0.05) is 116 Å². The first-order valence-corrected chi connectivity index (χ1v) is 10.5. The largest absolute Gasteiger partial charge is 0.355 e. The highest BCUT2D eigenvalue weighted by molar-refractivity contribution is 5.66. The lowest BCUT2D eigenvalue weighted by atomic mass is 10.0. The van der Waals surface area contributed by atoms with Crippen LogP contribution in [0.15, 0.2) is 0 Å². The van der Waals surface area contributed by atoms with Gasteiger partial charge in [0.15, 0.2) is 0 Å². The number of hydrogen-bond donors (Lipinski definition) is 0. The summed E-state index contributed by atoms with van der Waals surface area (Å²) in [7, 11) is 0. The van der Waals surface area contributed by atoms with Crippen LogP contribution in [0.2, 0.25) is 0 Å². The molecule has 2 nitrogen and oxygen atoms in total. The predicted molar refractivity (Wildman–Crippen MR) is 99.1 cm³/mol. The van der Waals surface area contributed by atoms with Crippen molar-refractivity contribution in [2.45, 2.75) is 129 Å². The van der Waals surface area contributed by atoms with Crippen LogP contribution in [-0.4, -0.2) is 5.97 Å².